The first-order valence-electron chi connectivity index (χ1n) is 8.80. The molecular weight excluding hydrogens is 435 g/mol. The molecule has 2 aromatic carbocycles. The molecule has 0 aliphatic carbocycles. The van der Waals surface area contributed by atoms with E-state index in [0.717, 1.165) is 0 Å². The van der Waals surface area contributed by atoms with Crippen molar-refractivity contribution in [1.29, 1.82) is 0 Å². The number of hydrogen-bond donors (Lipinski definition) is 1. The van der Waals surface area contributed by atoms with Crippen LogP contribution in [0.25, 0.3) is 0 Å². The second-order valence-electron chi connectivity index (χ2n) is 6.65. The summed E-state index contributed by atoms with van der Waals surface area (Å²) >= 11 is 5.17. The number of thiocarbonyl (C=S) groups is 1. The normalized spacial score (nSPS) is 15.3. The molecule has 30 heavy (non-hydrogen) atoms. The van der Waals surface area contributed by atoms with E-state index < -0.39 is 29.2 Å². The molecule has 162 valence electrons. The first-order valence-corrected chi connectivity index (χ1v) is 9.21. The third kappa shape index (κ3) is 5.13. The molecule has 0 bridgehead atoms. The Morgan fingerprint density at radius 1 is 0.833 bits per heavy atom. The molecule has 1 saturated heterocycles. The first-order chi connectivity index (χ1) is 13.9. The van der Waals surface area contributed by atoms with Crippen LogP contribution in [0.15, 0.2) is 42.5 Å². The van der Waals surface area contributed by atoms with Crippen molar-refractivity contribution in [3.63, 3.8) is 0 Å². The third-order valence-electron chi connectivity index (χ3n) is 4.60. The number of anilines is 2. The van der Waals surface area contributed by atoms with Gasteiger partial charge in [-0.05, 0) is 42.5 Å². The van der Waals surface area contributed by atoms with Crippen molar-refractivity contribution in [2.45, 2.75) is 12.4 Å². The van der Waals surface area contributed by atoms with Crippen LogP contribution in [0.2, 0.25) is 0 Å². The number of halogens is 7. The van der Waals surface area contributed by atoms with Crippen LogP contribution in [0.3, 0.4) is 0 Å². The van der Waals surface area contributed by atoms with Crippen LogP contribution in [0.1, 0.15) is 11.1 Å². The predicted molar refractivity (Wildman–Crippen MR) is 103 cm³/mol. The van der Waals surface area contributed by atoms with Gasteiger partial charge in [-0.1, -0.05) is 12.1 Å². The molecule has 0 amide bonds. The Hall–Kier alpha value is -2.56. The largest absolute Gasteiger partial charge is 0.416 e. The average Bonchev–Trinajstić information content (AvgIpc) is 2.67. The molecule has 0 unspecified atom stereocenters. The van der Waals surface area contributed by atoms with Crippen molar-refractivity contribution in [3.8, 4) is 0 Å². The van der Waals surface area contributed by atoms with Crippen molar-refractivity contribution in [1.82, 2.24) is 4.90 Å². The number of nitrogens with zero attached hydrogens (tertiary/aromatic N) is 2. The van der Waals surface area contributed by atoms with E-state index in [1.807, 2.05) is 0 Å². The number of piperazine rings is 1. The molecule has 3 nitrogen and oxygen atoms in total. The highest BCUT2D eigenvalue weighted by atomic mass is 32.1. The van der Waals surface area contributed by atoms with Crippen LogP contribution in [0.5, 0.6) is 0 Å². The van der Waals surface area contributed by atoms with E-state index >= 15 is 0 Å². The van der Waals surface area contributed by atoms with E-state index in [1.165, 1.54) is 6.07 Å². The topological polar surface area (TPSA) is 18.5 Å². The molecule has 3 rings (SSSR count). The summed E-state index contributed by atoms with van der Waals surface area (Å²) in [7, 11) is 0. The molecule has 11 heteroatoms. The zero-order valence-corrected chi connectivity index (χ0v) is 16.1. The minimum atomic E-state index is -4.94. The Morgan fingerprint density at radius 2 is 1.37 bits per heavy atom. The molecule has 0 saturated carbocycles. The molecule has 1 fully saturated rings. The standard InChI is InChI=1S/C19H16F7N3S/c20-15-3-1-2-4-16(15)28-5-7-29(8-6-28)17(30)27-14-10-12(18(21,22)23)9-13(11-14)19(24,25)26/h1-4,9-11H,5-8H2,(H,27,30). The highest BCUT2D eigenvalue weighted by Gasteiger charge is 2.37. The number of alkyl halides is 6. The maximum Gasteiger partial charge on any atom is 0.416 e. The van der Waals surface area contributed by atoms with E-state index in [1.54, 1.807) is 28.0 Å². The van der Waals surface area contributed by atoms with Gasteiger partial charge in [0.1, 0.15) is 5.82 Å². The summed E-state index contributed by atoms with van der Waals surface area (Å²) in [5.41, 5.74) is -2.83. The van der Waals surface area contributed by atoms with E-state index in [4.69, 9.17) is 12.2 Å². The van der Waals surface area contributed by atoms with Gasteiger partial charge in [0.05, 0.1) is 16.8 Å². The summed E-state index contributed by atoms with van der Waals surface area (Å²) in [5.74, 6) is -0.379. The maximum absolute atomic E-state index is 13.9. The van der Waals surface area contributed by atoms with E-state index in [2.05, 4.69) is 5.32 Å². The Labute approximate surface area is 173 Å². The van der Waals surface area contributed by atoms with Gasteiger partial charge in [0.15, 0.2) is 5.11 Å². The fourth-order valence-electron chi connectivity index (χ4n) is 3.09. The highest BCUT2D eigenvalue weighted by Crippen LogP contribution is 2.37. The molecule has 1 heterocycles. The zero-order valence-electron chi connectivity index (χ0n) is 15.3. The Bertz CT molecular complexity index is 887. The van der Waals surface area contributed by atoms with Gasteiger partial charge in [-0.3, -0.25) is 0 Å². The number of hydrogen-bond acceptors (Lipinski definition) is 2. The monoisotopic (exact) mass is 451 g/mol. The quantitative estimate of drug-likeness (QED) is 0.488. The smallest absolute Gasteiger partial charge is 0.366 e. The molecule has 0 radical (unpaired) electrons. The van der Waals surface area contributed by atoms with Crippen LogP contribution in [0, 0.1) is 5.82 Å². The van der Waals surface area contributed by atoms with Gasteiger partial charge in [0.2, 0.25) is 0 Å². The summed E-state index contributed by atoms with van der Waals surface area (Å²) in [6, 6.07) is 7.44. The summed E-state index contributed by atoms with van der Waals surface area (Å²) < 4.78 is 91.9. The van der Waals surface area contributed by atoms with Crippen molar-refractivity contribution in [2.75, 3.05) is 36.4 Å². The van der Waals surface area contributed by atoms with E-state index in [9.17, 15) is 30.7 Å². The van der Waals surface area contributed by atoms with Crippen molar-refractivity contribution in [3.05, 3.63) is 59.4 Å². The van der Waals surface area contributed by atoms with Crippen LogP contribution in [-0.4, -0.2) is 36.2 Å². The fraction of sp³-hybridized carbons (Fsp3) is 0.316. The molecule has 2 aromatic rings. The molecule has 1 aliphatic heterocycles. The van der Waals surface area contributed by atoms with Crippen LogP contribution < -0.4 is 10.2 Å². The Kier molecular flexibility index (Phi) is 6.11. The first kappa shape index (κ1) is 22.1. The number of benzene rings is 2. The Morgan fingerprint density at radius 3 is 1.87 bits per heavy atom. The van der Waals surface area contributed by atoms with Crippen LogP contribution in [-0.2, 0) is 12.4 Å². The summed E-state index contributed by atoms with van der Waals surface area (Å²) in [6.07, 6.45) is -9.88. The summed E-state index contributed by atoms with van der Waals surface area (Å²) in [4.78, 5) is 3.40. The minimum absolute atomic E-state index is 0.00404. The SMILES string of the molecule is Fc1ccccc1N1CCN(C(=S)Nc2cc(C(F)(F)F)cc(C(F)(F)F)c2)CC1. The molecule has 0 spiro atoms. The number of para-hydroxylation sites is 1. The minimum Gasteiger partial charge on any atom is -0.366 e. The molecule has 1 N–H and O–H groups in total. The predicted octanol–water partition coefficient (Wildman–Crippen LogP) is 5.38. The third-order valence-corrected chi connectivity index (χ3v) is 4.96. The van der Waals surface area contributed by atoms with Gasteiger partial charge in [-0.25, -0.2) is 4.39 Å². The van der Waals surface area contributed by atoms with Gasteiger partial charge < -0.3 is 15.1 Å². The average molecular weight is 451 g/mol. The van der Waals surface area contributed by atoms with Crippen molar-refractivity contribution < 1.29 is 30.7 Å². The van der Waals surface area contributed by atoms with Crippen LogP contribution in [0.4, 0.5) is 42.1 Å². The molecule has 0 aromatic heterocycles. The van der Waals surface area contributed by atoms with E-state index in [0.29, 0.717) is 44.0 Å². The lowest BCUT2D eigenvalue weighted by molar-refractivity contribution is -0.143. The zero-order chi connectivity index (χ0) is 22.1. The van der Waals surface area contributed by atoms with Gasteiger partial charge in [-0.15, -0.1) is 0 Å². The van der Waals surface area contributed by atoms with Gasteiger partial charge in [0, 0.05) is 31.9 Å². The van der Waals surface area contributed by atoms with Crippen molar-refractivity contribution >= 4 is 28.7 Å². The summed E-state index contributed by atoms with van der Waals surface area (Å²) in [5, 5.41) is 2.46. The van der Waals surface area contributed by atoms with Crippen LogP contribution >= 0.6 is 12.2 Å². The molecule has 0 atom stereocenters. The van der Waals surface area contributed by atoms with E-state index in [-0.39, 0.29) is 17.0 Å². The van der Waals surface area contributed by atoms with Gasteiger partial charge >= 0.3 is 12.4 Å². The maximum atomic E-state index is 13.9. The lowest BCUT2D eigenvalue weighted by Crippen LogP contribution is -2.50. The van der Waals surface area contributed by atoms with Gasteiger partial charge in [0.25, 0.3) is 0 Å². The molecule has 1 aliphatic rings. The number of rotatable bonds is 2. The lowest BCUT2D eigenvalue weighted by atomic mass is 10.1. The second kappa shape index (κ2) is 8.29. The Balaban J connectivity index is 1.71. The number of nitrogens with one attached hydrogen (secondary N) is 1. The fourth-order valence-corrected chi connectivity index (χ4v) is 3.39. The highest BCUT2D eigenvalue weighted by molar-refractivity contribution is 7.80. The van der Waals surface area contributed by atoms with Crippen molar-refractivity contribution in [2.24, 2.45) is 0 Å². The van der Waals surface area contributed by atoms with Gasteiger partial charge in [-0.2, -0.15) is 26.3 Å². The lowest BCUT2D eigenvalue weighted by Gasteiger charge is -2.37. The molecular formula is C19H16F7N3S. The summed E-state index contributed by atoms with van der Waals surface area (Å²) in [6.45, 7) is 1.43. The second-order valence-corrected chi connectivity index (χ2v) is 7.04.